The Labute approximate surface area is 112 Å². The summed E-state index contributed by atoms with van der Waals surface area (Å²) in [5.41, 5.74) is -0.987. The van der Waals surface area contributed by atoms with E-state index in [1.54, 1.807) is 0 Å². The lowest BCUT2D eigenvalue weighted by molar-refractivity contribution is -0.137. The van der Waals surface area contributed by atoms with Crippen molar-refractivity contribution in [2.75, 3.05) is 19.4 Å². The van der Waals surface area contributed by atoms with Crippen molar-refractivity contribution in [2.24, 2.45) is 0 Å². The van der Waals surface area contributed by atoms with E-state index < -0.39 is 21.8 Å². The fourth-order valence-corrected chi connectivity index (χ4v) is 1.74. The van der Waals surface area contributed by atoms with Gasteiger partial charge in [0, 0.05) is 12.7 Å². The Morgan fingerprint density at radius 1 is 1.47 bits per heavy atom. The van der Waals surface area contributed by atoms with Crippen molar-refractivity contribution in [3.63, 3.8) is 0 Å². The average molecular weight is 319 g/mol. The van der Waals surface area contributed by atoms with Crippen LogP contribution in [0.5, 0.6) is 5.88 Å². The van der Waals surface area contributed by atoms with Crippen molar-refractivity contribution in [1.29, 1.82) is 0 Å². The maximum atomic E-state index is 12.3. The smallest absolute Gasteiger partial charge is 0.417 e. The van der Waals surface area contributed by atoms with Crippen LogP contribution in [0.25, 0.3) is 0 Å². The zero-order chi connectivity index (χ0) is 14.7. The van der Waals surface area contributed by atoms with E-state index in [0.717, 1.165) is 6.26 Å². The summed E-state index contributed by atoms with van der Waals surface area (Å²) in [7, 11) is -3.35. The summed E-state index contributed by atoms with van der Waals surface area (Å²) in [6.45, 7) is -0.150. The van der Waals surface area contributed by atoms with Crippen LogP contribution >= 0.6 is 11.6 Å². The van der Waals surface area contributed by atoms with E-state index >= 15 is 0 Å². The standard InChI is InChI=1S/C9H10ClF3N2O3S/c1-19(16,17)15-2-3-18-8-7(10)4-6(5-14-8)9(11,12)13/h4-5,15H,2-3H2,1H3. The van der Waals surface area contributed by atoms with Crippen molar-refractivity contribution in [1.82, 2.24) is 9.71 Å². The number of rotatable bonds is 5. The molecule has 0 fully saturated rings. The van der Waals surface area contributed by atoms with Crippen molar-refractivity contribution in [2.45, 2.75) is 6.18 Å². The highest BCUT2D eigenvalue weighted by molar-refractivity contribution is 7.88. The molecule has 0 atom stereocenters. The Bertz CT molecular complexity index is 548. The van der Waals surface area contributed by atoms with Crippen LogP contribution in [0.3, 0.4) is 0 Å². The Hall–Kier alpha value is -1.06. The molecule has 0 saturated carbocycles. The molecule has 5 nitrogen and oxygen atoms in total. The molecule has 1 N–H and O–H groups in total. The van der Waals surface area contributed by atoms with E-state index in [2.05, 4.69) is 9.71 Å². The predicted octanol–water partition coefficient (Wildman–Crippen LogP) is 1.68. The van der Waals surface area contributed by atoms with E-state index in [9.17, 15) is 21.6 Å². The van der Waals surface area contributed by atoms with Crippen LogP contribution < -0.4 is 9.46 Å². The number of halogens is 4. The van der Waals surface area contributed by atoms with Crippen LogP contribution in [0, 0.1) is 0 Å². The molecule has 0 aliphatic rings. The summed E-state index contributed by atoms with van der Waals surface area (Å²) in [4.78, 5) is 3.43. The Balaban J connectivity index is 2.61. The Morgan fingerprint density at radius 3 is 2.58 bits per heavy atom. The number of nitrogens with zero attached hydrogens (tertiary/aromatic N) is 1. The zero-order valence-corrected chi connectivity index (χ0v) is 11.2. The molecule has 108 valence electrons. The minimum Gasteiger partial charge on any atom is -0.475 e. The Kier molecular flexibility index (Phi) is 4.99. The van der Waals surface area contributed by atoms with Crippen molar-refractivity contribution in [3.8, 4) is 5.88 Å². The topological polar surface area (TPSA) is 68.3 Å². The number of alkyl halides is 3. The van der Waals surface area contributed by atoms with Crippen LogP contribution in [0.2, 0.25) is 5.02 Å². The lowest BCUT2D eigenvalue weighted by atomic mass is 10.3. The average Bonchev–Trinajstić information content (AvgIpc) is 2.23. The maximum Gasteiger partial charge on any atom is 0.417 e. The number of hydrogen-bond acceptors (Lipinski definition) is 4. The molecule has 1 rings (SSSR count). The largest absolute Gasteiger partial charge is 0.475 e. The first kappa shape index (κ1) is 16.0. The number of hydrogen-bond donors (Lipinski definition) is 1. The van der Waals surface area contributed by atoms with E-state index in [1.807, 2.05) is 0 Å². The van der Waals surface area contributed by atoms with Crippen LogP contribution in [0.4, 0.5) is 13.2 Å². The first-order valence-corrected chi connectivity index (χ1v) is 7.17. The third-order valence-corrected chi connectivity index (χ3v) is 2.84. The molecule has 0 unspecified atom stereocenters. The second-order valence-corrected chi connectivity index (χ2v) is 5.76. The molecule has 19 heavy (non-hydrogen) atoms. The first-order chi connectivity index (χ1) is 8.59. The molecule has 0 aliphatic carbocycles. The highest BCUT2D eigenvalue weighted by atomic mass is 35.5. The molecule has 0 saturated heterocycles. The molecule has 0 amide bonds. The maximum absolute atomic E-state index is 12.3. The third kappa shape index (κ3) is 5.62. The van der Waals surface area contributed by atoms with E-state index in [4.69, 9.17) is 16.3 Å². The fourth-order valence-electron chi connectivity index (χ4n) is 1.06. The first-order valence-electron chi connectivity index (χ1n) is 4.90. The van der Waals surface area contributed by atoms with Crippen LogP contribution in [-0.2, 0) is 16.2 Å². The molecule has 1 aromatic rings. The van der Waals surface area contributed by atoms with Gasteiger partial charge < -0.3 is 4.74 Å². The van der Waals surface area contributed by atoms with Gasteiger partial charge in [0.25, 0.3) is 0 Å². The molecular weight excluding hydrogens is 309 g/mol. The van der Waals surface area contributed by atoms with Gasteiger partial charge in [0.2, 0.25) is 15.9 Å². The van der Waals surface area contributed by atoms with Crippen molar-refractivity contribution < 1.29 is 26.3 Å². The van der Waals surface area contributed by atoms with Crippen molar-refractivity contribution >= 4 is 21.6 Å². The second kappa shape index (κ2) is 5.93. The monoisotopic (exact) mass is 318 g/mol. The van der Waals surface area contributed by atoms with Gasteiger partial charge in [-0.25, -0.2) is 18.1 Å². The van der Waals surface area contributed by atoms with Gasteiger partial charge in [0.1, 0.15) is 11.6 Å². The summed E-state index contributed by atoms with van der Waals surface area (Å²) in [5, 5.41) is -0.297. The molecule has 0 bridgehead atoms. The van der Waals surface area contributed by atoms with Crippen molar-refractivity contribution in [3.05, 3.63) is 22.8 Å². The van der Waals surface area contributed by atoms with E-state index in [0.29, 0.717) is 12.3 Å². The SMILES string of the molecule is CS(=O)(=O)NCCOc1ncc(C(F)(F)F)cc1Cl. The number of aromatic nitrogens is 1. The summed E-state index contributed by atoms with van der Waals surface area (Å²) in [6.07, 6.45) is -2.98. The second-order valence-electron chi connectivity index (χ2n) is 3.52. The number of sulfonamides is 1. The van der Waals surface area contributed by atoms with Gasteiger partial charge in [-0.1, -0.05) is 11.6 Å². The minimum atomic E-state index is -4.53. The lowest BCUT2D eigenvalue weighted by Crippen LogP contribution is -2.27. The van der Waals surface area contributed by atoms with Gasteiger partial charge >= 0.3 is 6.18 Å². The highest BCUT2D eigenvalue weighted by Gasteiger charge is 2.31. The molecule has 0 aliphatic heterocycles. The minimum absolute atomic E-state index is 0.0438. The Morgan fingerprint density at radius 2 is 2.11 bits per heavy atom. The third-order valence-electron chi connectivity index (χ3n) is 1.84. The molecule has 0 radical (unpaired) electrons. The molecule has 0 spiro atoms. The zero-order valence-electron chi connectivity index (χ0n) is 9.66. The predicted molar refractivity (Wildman–Crippen MR) is 62.6 cm³/mol. The number of nitrogens with one attached hydrogen (secondary N) is 1. The lowest BCUT2D eigenvalue weighted by Gasteiger charge is -2.10. The van der Waals surface area contributed by atoms with Gasteiger partial charge in [-0.05, 0) is 6.07 Å². The van der Waals surface area contributed by atoms with Gasteiger partial charge in [-0.3, -0.25) is 0 Å². The summed E-state index contributed by atoms with van der Waals surface area (Å²) in [6, 6.07) is 0.688. The van der Waals surface area contributed by atoms with E-state index in [-0.39, 0.29) is 24.1 Å². The number of pyridine rings is 1. The van der Waals surface area contributed by atoms with Crippen LogP contribution in [-0.4, -0.2) is 32.8 Å². The summed E-state index contributed by atoms with van der Waals surface area (Å²) >= 11 is 5.58. The van der Waals surface area contributed by atoms with Crippen LogP contribution in [0.15, 0.2) is 12.3 Å². The quantitative estimate of drug-likeness (QED) is 0.839. The fraction of sp³-hybridized carbons (Fsp3) is 0.444. The molecular formula is C9H10ClF3N2O3S. The summed E-state index contributed by atoms with van der Waals surface area (Å²) in [5.74, 6) is -0.190. The van der Waals surface area contributed by atoms with Gasteiger partial charge in [-0.2, -0.15) is 13.2 Å². The van der Waals surface area contributed by atoms with Gasteiger partial charge in [-0.15, -0.1) is 0 Å². The highest BCUT2D eigenvalue weighted by Crippen LogP contribution is 2.32. The molecule has 1 heterocycles. The van der Waals surface area contributed by atoms with E-state index in [1.165, 1.54) is 0 Å². The molecule has 1 aromatic heterocycles. The number of ether oxygens (including phenoxy) is 1. The molecule has 10 heteroatoms. The van der Waals surface area contributed by atoms with Gasteiger partial charge in [0.05, 0.1) is 11.8 Å². The molecule has 0 aromatic carbocycles. The summed E-state index contributed by atoms with van der Waals surface area (Å²) < 4.78 is 65.5. The van der Waals surface area contributed by atoms with Gasteiger partial charge in [0.15, 0.2) is 0 Å². The van der Waals surface area contributed by atoms with Crippen LogP contribution in [0.1, 0.15) is 5.56 Å². The normalized spacial score (nSPS) is 12.5.